The zero-order valence-electron chi connectivity index (χ0n) is 12.5. The van der Waals surface area contributed by atoms with Crippen LogP contribution >= 0.6 is 22.6 Å². The molecule has 0 aliphatic carbocycles. The second kappa shape index (κ2) is 7.79. The summed E-state index contributed by atoms with van der Waals surface area (Å²) in [5.74, 6) is -0.650. The largest absolute Gasteiger partial charge is 0.484 e. The van der Waals surface area contributed by atoms with Crippen LogP contribution in [0.4, 0.5) is 15.8 Å². The van der Waals surface area contributed by atoms with Gasteiger partial charge in [-0.05, 0) is 65.1 Å². The number of hydrogen-bond acceptors (Lipinski definition) is 4. The molecule has 2 rings (SSSR count). The number of carbonyl (C=O) groups is 1. The lowest BCUT2D eigenvalue weighted by molar-refractivity contribution is -0.118. The van der Waals surface area contributed by atoms with E-state index in [1.807, 2.05) is 16.9 Å². The summed E-state index contributed by atoms with van der Waals surface area (Å²) in [5.41, 5.74) is 0.00705. The Balaban J connectivity index is 1.98. The van der Waals surface area contributed by atoms with Crippen LogP contribution < -0.4 is 14.8 Å². The first kappa shape index (κ1) is 18.5. The van der Waals surface area contributed by atoms with Crippen molar-refractivity contribution in [2.45, 2.75) is 0 Å². The summed E-state index contributed by atoms with van der Waals surface area (Å²) >= 11 is 2.15. The van der Waals surface area contributed by atoms with Gasteiger partial charge in [-0.25, -0.2) is 12.8 Å². The molecule has 2 N–H and O–H groups in total. The van der Waals surface area contributed by atoms with E-state index in [4.69, 9.17) is 4.74 Å². The lowest BCUT2D eigenvalue weighted by Gasteiger charge is -2.10. The summed E-state index contributed by atoms with van der Waals surface area (Å²) in [5, 5.41) is 2.51. The molecule has 0 aliphatic rings. The number of sulfonamides is 1. The molecule has 6 nitrogen and oxygen atoms in total. The second-order valence-electron chi connectivity index (χ2n) is 4.86. The highest BCUT2D eigenvalue weighted by atomic mass is 127. The molecule has 0 aliphatic heterocycles. The van der Waals surface area contributed by atoms with Crippen molar-refractivity contribution in [3.8, 4) is 5.75 Å². The Morgan fingerprint density at radius 2 is 1.88 bits per heavy atom. The lowest BCUT2D eigenvalue weighted by Crippen LogP contribution is -2.20. The number of rotatable bonds is 6. The fourth-order valence-electron chi connectivity index (χ4n) is 1.76. The maximum absolute atomic E-state index is 13.6. The van der Waals surface area contributed by atoms with E-state index in [-0.39, 0.29) is 18.0 Å². The molecule has 0 saturated heterocycles. The number of nitrogens with one attached hydrogen (secondary N) is 2. The Bertz CT molecular complexity index is 841. The van der Waals surface area contributed by atoms with Crippen molar-refractivity contribution in [3.63, 3.8) is 0 Å². The molecule has 0 aromatic heterocycles. The summed E-state index contributed by atoms with van der Waals surface area (Å²) < 4.78 is 44.4. The van der Waals surface area contributed by atoms with Crippen molar-refractivity contribution in [1.29, 1.82) is 0 Å². The summed E-state index contributed by atoms with van der Waals surface area (Å²) in [6.07, 6.45) is 0.909. The third kappa shape index (κ3) is 5.96. The second-order valence-corrected chi connectivity index (χ2v) is 7.85. The first-order valence-corrected chi connectivity index (χ1v) is 9.65. The van der Waals surface area contributed by atoms with E-state index in [1.165, 1.54) is 12.1 Å². The molecule has 0 saturated carbocycles. The quantitative estimate of drug-likeness (QED) is 0.645. The minimum Gasteiger partial charge on any atom is -0.484 e. The molecule has 0 fully saturated rings. The van der Waals surface area contributed by atoms with Crippen LogP contribution in [-0.4, -0.2) is 27.2 Å². The van der Waals surface area contributed by atoms with Crippen LogP contribution in [0.25, 0.3) is 0 Å². The molecule has 2 aromatic carbocycles. The van der Waals surface area contributed by atoms with Gasteiger partial charge >= 0.3 is 0 Å². The monoisotopic (exact) mass is 464 g/mol. The molecule has 0 spiro atoms. The van der Waals surface area contributed by atoms with Crippen LogP contribution in [0.2, 0.25) is 0 Å². The normalized spacial score (nSPS) is 11.0. The number of hydrogen-bond donors (Lipinski definition) is 2. The molecule has 24 heavy (non-hydrogen) atoms. The van der Waals surface area contributed by atoms with Gasteiger partial charge in [0.15, 0.2) is 6.61 Å². The van der Waals surface area contributed by atoms with E-state index < -0.39 is 21.7 Å². The van der Waals surface area contributed by atoms with Crippen molar-refractivity contribution < 1.29 is 22.3 Å². The molecular weight excluding hydrogens is 450 g/mol. The van der Waals surface area contributed by atoms with Gasteiger partial charge in [0, 0.05) is 9.26 Å². The smallest absolute Gasteiger partial charge is 0.262 e. The summed E-state index contributed by atoms with van der Waals surface area (Å²) in [6.45, 7) is -0.229. The standard InChI is InChI=1S/C15H14FIN2O4S/c1-24(21,22)19-14-8-11(4-7-13(14)16)18-15(20)9-23-12-5-2-10(17)3-6-12/h2-8,19H,9H2,1H3,(H,18,20). The predicted octanol–water partition coefficient (Wildman–Crippen LogP) is 2.82. The predicted molar refractivity (Wildman–Crippen MR) is 98.2 cm³/mol. The van der Waals surface area contributed by atoms with Crippen molar-refractivity contribution >= 4 is 49.9 Å². The van der Waals surface area contributed by atoms with Crippen LogP contribution in [0, 0.1) is 9.39 Å². The Morgan fingerprint density at radius 1 is 1.21 bits per heavy atom. The Hall–Kier alpha value is -1.88. The van der Waals surface area contributed by atoms with Crippen molar-refractivity contribution in [2.75, 3.05) is 22.9 Å². The zero-order chi connectivity index (χ0) is 17.7. The van der Waals surface area contributed by atoms with Gasteiger partial charge in [-0.1, -0.05) is 0 Å². The number of ether oxygens (including phenoxy) is 1. The average molecular weight is 464 g/mol. The van der Waals surface area contributed by atoms with Crippen molar-refractivity contribution in [3.05, 3.63) is 51.9 Å². The number of carbonyl (C=O) groups excluding carboxylic acids is 1. The van der Waals surface area contributed by atoms with E-state index in [2.05, 4.69) is 27.9 Å². The highest BCUT2D eigenvalue weighted by Crippen LogP contribution is 2.20. The number of anilines is 2. The van der Waals surface area contributed by atoms with E-state index in [1.54, 1.807) is 12.1 Å². The van der Waals surface area contributed by atoms with Gasteiger partial charge in [-0.15, -0.1) is 0 Å². The third-order valence-electron chi connectivity index (χ3n) is 2.73. The molecular formula is C15H14FIN2O4S. The van der Waals surface area contributed by atoms with E-state index in [0.29, 0.717) is 5.75 Å². The van der Waals surface area contributed by atoms with Gasteiger partial charge in [-0.3, -0.25) is 9.52 Å². The molecule has 0 unspecified atom stereocenters. The van der Waals surface area contributed by atoms with Gasteiger partial charge in [0.1, 0.15) is 11.6 Å². The Labute approximate surface area is 152 Å². The van der Waals surface area contributed by atoms with E-state index >= 15 is 0 Å². The fraction of sp³-hybridized carbons (Fsp3) is 0.133. The first-order chi connectivity index (χ1) is 11.2. The Morgan fingerprint density at radius 3 is 2.50 bits per heavy atom. The SMILES string of the molecule is CS(=O)(=O)Nc1cc(NC(=O)COc2ccc(I)cc2)ccc1F. The maximum atomic E-state index is 13.6. The molecule has 0 bridgehead atoms. The van der Waals surface area contributed by atoms with Crippen LogP contribution in [0.3, 0.4) is 0 Å². The first-order valence-electron chi connectivity index (χ1n) is 6.68. The van der Waals surface area contributed by atoms with Gasteiger partial charge in [0.25, 0.3) is 5.91 Å². The van der Waals surface area contributed by atoms with E-state index in [9.17, 15) is 17.6 Å². The number of amides is 1. The van der Waals surface area contributed by atoms with Crippen LogP contribution in [0.1, 0.15) is 0 Å². The summed E-state index contributed by atoms with van der Waals surface area (Å²) in [4.78, 5) is 11.9. The van der Waals surface area contributed by atoms with Gasteiger partial charge in [-0.2, -0.15) is 0 Å². The van der Waals surface area contributed by atoms with Crippen molar-refractivity contribution in [1.82, 2.24) is 0 Å². The lowest BCUT2D eigenvalue weighted by atomic mass is 10.2. The molecule has 0 atom stereocenters. The summed E-state index contributed by atoms with van der Waals surface area (Å²) in [7, 11) is -3.62. The van der Waals surface area contributed by atoms with Crippen LogP contribution in [-0.2, 0) is 14.8 Å². The highest BCUT2D eigenvalue weighted by Gasteiger charge is 2.10. The molecule has 1 amide bonds. The topological polar surface area (TPSA) is 84.5 Å². The molecule has 9 heteroatoms. The molecule has 0 radical (unpaired) electrons. The minimum atomic E-state index is -3.62. The third-order valence-corrected chi connectivity index (χ3v) is 4.04. The minimum absolute atomic E-state index is 0.229. The van der Waals surface area contributed by atoms with Gasteiger partial charge in [0.2, 0.25) is 10.0 Å². The van der Waals surface area contributed by atoms with E-state index in [0.717, 1.165) is 15.9 Å². The maximum Gasteiger partial charge on any atom is 0.262 e. The summed E-state index contributed by atoms with van der Waals surface area (Å²) in [6, 6.07) is 10.7. The number of halogens is 2. The number of benzene rings is 2. The van der Waals surface area contributed by atoms with Gasteiger partial charge < -0.3 is 10.1 Å². The molecule has 2 aromatic rings. The van der Waals surface area contributed by atoms with Crippen LogP contribution in [0.15, 0.2) is 42.5 Å². The van der Waals surface area contributed by atoms with Gasteiger partial charge in [0.05, 0.1) is 11.9 Å². The highest BCUT2D eigenvalue weighted by molar-refractivity contribution is 14.1. The fourth-order valence-corrected chi connectivity index (χ4v) is 2.67. The van der Waals surface area contributed by atoms with Crippen LogP contribution in [0.5, 0.6) is 5.75 Å². The van der Waals surface area contributed by atoms with Crippen molar-refractivity contribution in [2.24, 2.45) is 0 Å². The Kier molecular flexibility index (Phi) is 5.99. The molecule has 128 valence electrons. The average Bonchev–Trinajstić information content (AvgIpc) is 2.49. The molecule has 0 heterocycles. The zero-order valence-corrected chi connectivity index (χ0v) is 15.5.